The third-order valence-corrected chi connectivity index (χ3v) is 6.60. The lowest BCUT2D eigenvalue weighted by Gasteiger charge is -2.33. The second kappa shape index (κ2) is 10.5. The van der Waals surface area contributed by atoms with Gasteiger partial charge in [-0.15, -0.1) is 0 Å². The molecule has 1 saturated heterocycles. The highest BCUT2D eigenvalue weighted by Gasteiger charge is 2.28. The van der Waals surface area contributed by atoms with Crippen LogP contribution in [0.2, 0.25) is 0 Å². The Bertz CT molecular complexity index is 1030. The molecule has 1 aliphatic heterocycles. The van der Waals surface area contributed by atoms with Gasteiger partial charge in [-0.3, -0.25) is 4.79 Å². The summed E-state index contributed by atoms with van der Waals surface area (Å²) >= 11 is 1.61. The molecule has 32 heavy (non-hydrogen) atoms. The number of rotatable bonds is 7. The summed E-state index contributed by atoms with van der Waals surface area (Å²) in [5.74, 6) is 0.909. The maximum absolute atomic E-state index is 12.9. The minimum absolute atomic E-state index is 0.0543. The van der Waals surface area contributed by atoms with Gasteiger partial charge in [0.1, 0.15) is 5.03 Å². The molecule has 0 saturated carbocycles. The molecular formula is C25H29N5OS. The maximum Gasteiger partial charge on any atom is 0.225 e. The van der Waals surface area contributed by atoms with Crippen LogP contribution in [0.25, 0.3) is 0 Å². The molecule has 166 valence electrons. The molecule has 3 aromatic rings. The van der Waals surface area contributed by atoms with Crippen LogP contribution in [-0.2, 0) is 11.3 Å². The molecule has 2 aromatic carbocycles. The van der Waals surface area contributed by atoms with Crippen molar-refractivity contribution >= 4 is 29.2 Å². The van der Waals surface area contributed by atoms with Crippen molar-refractivity contribution in [1.82, 2.24) is 15.3 Å². The van der Waals surface area contributed by atoms with Crippen LogP contribution in [0.4, 0.5) is 11.5 Å². The quantitative estimate of drug-likeness (QED) is 0.585. The predicted molar refractivity (Wildman–Crippen MR) is 130 cm³/mol. The molecule has 1 fully saturated rings. The fraction of sp³-hybridized carbons (Fsp3) is 0.320. The third kappa shape index (κ3) is 5.59. The minimum atomic E-state index is -0.0543. The standard InChI is InChI=1S/C25H29N5OS/c1-29(2)21-12-10-19(11-13-21)17-28-24(31)20-7-6-16-30(18-20)23-25(27-15-14-26-23)32-22-8-4-3-5-9-22/h3-5,8-15,20H,6-7,16-18H2,1-2H3,(H,28,31)/t20-/m1/s1. The monoisotopic (exact) mass is 447 g/mol. The molecule has 0 unspecified atom stereocenters. The second-order valence-corrected chi connectivity index (χ2v) is 9.23. The van der Waals surface area contributed by atoms with Crippen LogP contribution in [0.15, 0.2) is 76.9 Å². The van der Waals surface area contributed by atoms with E-state index < -0.39 is 0 Å². The molecule has 0 spiro atoms. The highest BCUT2D eigenvalue weighted by Crippen LogP contribution is 2.33. The summed E-state index contributed by atoms with van der Waals surface area (Å²) in [6.45, 7) is 2.09. The Morgan fingerprint density at radius 1 is 1.09 bits per heavy atom. The number of carbonyl (C=O) groups is 1. The van der Waals surface area contributed by atoms with Crippen molar-refractivity contribution in [3.63, 3.8) is 0 Å². The summed E-state index contributed by atoms with van der Waals surface area (Å²) in [5, 5.41) is 4.00. The van der Waals surface area contributed by atoms with Crippen LogP contribution in [-0.4, -0.2) is 43.1 Å². The Kier molecular flexibility index (Phi) is 7.27. The number of hydrogen-bond acceptors (Lipinski definition) is 6. The van der Waals surface area contributed by atoms with Crippen LogP contribution in [0, 0.1) is 5.92 Å². The molecule has 1 atom stereocenters. The maximum atomic E-state index is 12.9. The van der Waals surface area contributed by atoms with E-state index in [-0.39, 0.29) is 11.8 Å². The van der Waals surface area contributed by atoms with Crippen molar-refractivity contribution in [3.05, 3.63) is 72.6 Å². The fourth-order valence-corrected chi connectivity index (χ4v) is 4.74. The van der Waals surface area contributed by atoms with Gasteiger partial charge in [-0.25, -0.2) is 9.97 Å². The zero-order valence-electron chi connectivity index (χ0n) is 18.6. The molecule has 6 nitrogen and oxygen atoms in total. The number of piperidine rings is 1. The summed E-state index contributed by atoms with van der Waals surface area (Å²) < 4.78 is 0. The summed E-state index contributed by atoms with van der Waals surface area (Å²) in [7, 11) is 4.04. The zero-order valence-corrected chi connectivity index (χ0v) is 19.4. The Morgan fingerprint density at radius 2 is 1.84 bits per heavy atom. The van der Waals surface area contributed by atoms with Crippen LogP contribution in [0.5, 0.6) is 0 Å². The Balaban J connectivity index is 1.38. The molecule has 1 aliphatic rings. The number of aromatic nitrogens is 2. The zero-order chi connectivity index (χ0) is 22.3. The Labute approximate surface area is 194 Å². The molecule has 0 bridgehead atoms. The predicted octanol–water partition coefficient (Wildman–Crippen LogP) is 4.23. The molecular weight excluding hydrogens is 418 g/mol. The second-order valence-electron chi connectivity index (χ2n) is 8.16. The minimum Gasteiger partial charge on any atom is -0.378 e. The SMILES string of the molecule is CN(C)c1ccc(CNC(=O)[C@@H]2CCCN(c3nccnc3Sc3ccccc3)C2)cc1. The molecule has 1 aromatic heterocycles. The Morgan fingerprint density at radius 3 is 2.59 bits per heavy atom. The number of amides is 1. The molecule has 1 amide bonds. The lowest BCUT2D eigenvalue weighted by atomic mass is 9.97. The van der Waals surface area contributed by atoms with E-state index in [0.29, 0.717) is 13.1 Å². The smallest absolute Gasteiger partial charge is 0.225 e. The van der Waals surface area contributed by atoms with Gasteiger partial charge in [0.25, 0.3) is 0 Å². The van der Waals surface area contributed by atoms with E-state index >= 15 is 0 Å². The van der Waals surface area contributed by atoms with Crippen molar-refractivity contribution in [2.45, 2.75) is 29.3 Å². The summed E-state index contributed by atoms with van der Waals surface area (Å²) in [4.78, 5) is 27.5. The first kappa shape index (κ1) is 22.1. The third-order valence-electron chi connectivity index (χ3n) is 5.62. The van der Waals surface area contributed by atoms with Crippen LogP contribution < -0.4 is 15.1 Å². The topological polar surface area (TPSA) is 61.4 Å². The van der Waals surface area contributed by atoms with Crippen molar-refractivity contribution in [2.75, 3.05) is 37.0 Å². The van der Waals surface area contributed by atoms with E-state index in [1.165, 1.54) is 0 Å². The molecule has 4 rings (SSSR count). The molecule has 1 N–H and O–H groups in total. The number of hydrogen-bond donors (Lipinski definition) is 1. The lowest BCUT2D eigenvalue weighted by Crippen LogP contribution is -2.43. The lowest BCUT2D eigenvalue weighted by molar-refractivity contribution is -0.125. The summed E-state index contributed by atoms with van der Waals surface area (Å²) in [6, 6.07) is 18.5. The van der Waals surface area contributed by atoms with Gasteiger partial charge >= 0.3 is 0 Å². The summed E-state index contributed by atoms with van der Waals surface area (Å²) in [6.07, 6.45) is 5.31. The van der Waals surface area contributed by atoms with Crippen LogP contribution >= 0.6 is 11.8 Å². The fourth-order valence-electron chi connectivity index (χ4n) is 3.84. The number of anilines is 2. The van der Waals surface area contributed by atoms with Gasteiger partial charge in [0.15, 0.2) is 5.82 Å². The van der Waals surface area contributed by atoms with Gasteiger partial charge in [-0.1, -0.05) is 42.1 Å². The molecule has 2 heterocycles. The van der Waals surface area contributed by atoms with Crippen molar-refractivity contribution in [1.29, 1.82) is 0 Å². The van der Waals surface area contributed by atoms with Crippen molar-refractivity contribution in [2.24, 2.45) is 5.92 Å². The first-order valence-electron chi connectivity index (χ1n) is 10.9. The van der Waals surface area contributed by atoms with Gasteiger partial charge in [0.05, 0.1) is 5.92 Å². The first-order chi connectivity index (χ1) is 15.6. The van der Waals surface area contributed by atoms with Crippen molar-refractivity contribution in [3.8, 4) is 0 Å². The van der Waals surface area contributed by atoms with E-state index in [1.54, 1.807) is 24.2 Å². The van der Waals surface area contributed by atoms with Gasteiger partial charge in [0, 0.05) is 56.7 Å². The van der Waals surface area contributed by atoms with E-state index in [2.05, 4.69) is 61.5 Å². The van der Waals surface area contributed by atoms with Crippen molar-refractivity contribution < 1.29 is 4.79 Å². The van der Waals surface area contributed by atoms with Crippen LogP contribution in [0.1, 0.15) is 18.4 Å². The summed E-state index contributed by atoms with van der Waals surface area (Å²) in [5.41, 5.74) is 2.25. The van der Waals surface area contributed by atoms with Gasteiger partial charge in [-0.2, -0.15) is 0 Å². The van der Waals surface area contributed by atoms with Crippen LogP contribution in [0.3, 0.4) is 0 Å². The normalized spacial score (nSPS) is 15.9. The van der Waals surface area contributed by atoms with Gasteiger partial charge in [0.2, 0.25) is 5.91 Å². The first-order valence-corrected chi connectivity index (χ1v) is 11.7. The highest BCUT2D eigenvalue weighted by atomic mass is 32.2. The molecule has 0 aliphatic carbocycles. The average Bonchev–Trinajstić information content (AvgIpc) is 2.84. The largest absolute Gasteiger partial charge is 0.378 e. The number of nitrogens with zero attached hydrogens (tertiary/aromatic N) is 4. The van der Waals surface area contributed by atoms with E-state index in [1.807, 2.05) is 32.3 Å². The number of nitrogens with one attached hydrogen (secondary N) is 1. The van der Waals surface area contributed by atoms with Gasteiger partial charge in [-0.05, 0) is 42.7 Å². The van der Waals surface area contributed by atoms with Gasteiger partial charge < -0.3 is 15.1 Å². The number of carbonyl (C=O) groups excluding carboxylic acids is 1. The molecule has 0 radical (unpaired) electrons. The molecule has 7 heteroatoms. The Hall–Kier alpha value is -3.06. The average molecular weight is 448 g/mol. The van der Waals surface area contributed by atoms with E-state index in [0.717, 1.165) is 46.4 Å². The number of benzene rings is 2. The van der Waals surface area contributed by atoms with E-state index in [9.17, 15) is 4.79 Å². The van der Waals surface area contributed by atoms with E-state index in [4.69, 9.17) is 0 Å². The highest BCUT2D eigenvalue weighted by molar-refractivity contribution is 7.99.